The standard InChI is InChI=1S/C62H88O10/c1-7-13-17-21-25-29-33-69-51-37-48(38-52(44-51)70-34-30-26-22-18-14-8-2)58-55-43-50(46-63)56(41-47(55)42-57(61(65)67-11-5)59(58)62(66)68-12-6)60(64)49-39-53(71-35-31-27-23-19-15-9-3)45-54(40-49)72-36-32-28-24-20-16-10-4/h37-46H,7-36H2,1-6H3. The highest BCUT2D eigenvalue weighted by Gasteiger charge is 2.29. The van der Waals surface area contributed by atoms with E-state index in [2.05, 4.69) is 27.7 Å². The molecule has 4 rings (SSSR count). The lowest BCUT2D eigenvalue weighted by Gasteiger charge is -2.20. The summed E-state index contributed by atoms with van der Waals surface area (Å²) in [7, 11) is 0. The molecule has 0 unspecified atom stereocenters. The summed E-state index contributed by atoms with van der Waals surface area (Å²) in [4.78, 5) is 56.4. The summed E-state index contributed by atoms with van der Waals surface area (Å²) in [6, 6.07) is 15.6. The van der Waals surface area contributed by atoms with Crippen molar-refractivity contribution < 1.29 is 47.6 Å². The molecule has 10 nitrogen and oxygen atoms in total. The summed E-state index contributed by atoms with van der Waals surface area (Å²) in [5, 5.41) is 0.900. The maximum Gasteiger partial charge on any atom is 0.339 e. The first kappa shape index (κ1) is 59.2. The molecule has 0 radical (unpaired) electrons. The molecule has 0 aliphatic carbocycles. The van der Waals surface area contributed by atoms with E-state index in [4.69, 9.17) is 28.4 Å². The van der Waals surface area contributed by atoms with Gasteiger partial charge in [-0.1, -0.05) is 156 Å². The minimum absolute atomic E-state index is 0.0176. The Morgan fingerprint density at radius 1 is 0.417 bits per heavy atom. The molecule has 4 aromatic carbocycles. The Labute approximate surface area is 432 Å². The smallest absolute Gasteiger partial charge is 0.339 e. The number of benzene rings is 4. The predicted octanol–water partition coefficient (Wildman–Crippen LogP) is 16.9. The Balaban J connectivity index is 1.87. The van der Waals surface area contributed by atoms with Gasteiger partial charge >= 0.3 is 11.9 Å². The molecule has 0 saturated heterocycles. The van der Waals surface area contributed by atoms with Gasteiger partial charge in [-0.05, 0) is 98.3 Å². The van der Waals surface area contributed by atoms with Gasteiger partial charge in [-0.25, -0.2) is 9.59 Å². The Hall–Kier alpha value is -5.38. The highest BCUT2D eigenvalue weighted by molar-refractivity contribution is 6.20. The normalized spacial score (nSPS) is 11.1. The van der Waals surface area contributed by atoms with E-state index in [1.165, 1.54) is 77.0 Å². The average Bonchev–Trinajstić information content (AvgIpc) is 3.38. The summed E-state index contributed by atoms with van der Waals surface area (Å²) in [5.41, 5.74) is 1.33. The molecule has 396 valence electrons. The minimum atomic E-state index is -0.732. The summed E-state index contributed by atoms with van der Waals surface area (Å²) in [5.74, 6) is 0.230. The number of carbonyl (C=O) groups excluding carboxylic acids is 4. The zero-order valence-electron chi connectivity index (χ0n) is 45.1. The van der Waals surface area contributed by atoms with Crippen molar-refractivity contribution >= 4 is 34.8 Å². The quantitative estimate of drug-likeness (QED) is 0.0184. The molecule has 0 aliphatic rings. The molecule has 4 aromatic rings. The molecular weight excluding hydrogens is 905 g/mol. The van der Waals surface area contributed by atoms with Crippen molar-refractivity contribution in [2.24, 2.45) is 0 Å². The van der Waals surface area contributed by atoms with Crippen LogP contribution in [0.5, 0.6) is 23.0 Å². The molecule has 0 fully saturated rings. The van der Waals surface area contributed by atoms with Crippen LogP contribution in [0.15, 0.2) is 54.6 Å². The van der Waals surface area contributed by atoms with E-state index in [0.717, 1.165) is 77.0 Å². The molecule has 0 aliphatic heterocycles. The summed E-state index contributed by atoms with van der Waals surface area (Å²) in [6.07, 6.45) is 27.3. The van der Waals surface area contributed by atoms with E-state index in [1.807, 2.05) is 24.3 Å². The third-order valence-electron chi connectivity index (χ3n) is 13.0. The maximum atomic E-state index is 14.9. The van der Waals surface area contributed by atoms with Crippen LogP contribution in [0.3, 0.4) is 0 Å². The molecule has 0 spiro atoms. The van der Waals surface area contributed by atoms with Crippen molar-refractivity contribution in [3.05, 3.63) is 82.4 Å². The van der Waals surface area contributed by atoms with Crippen molar-refractivity contribution in [3.63, 3.8) is 0 Å². The van der Waals surface area contributed by atoms with E-state index in [0.29, 0.717) is 83.2 Å². The zero-order chi connectivity index (χ0) is 51.8. The average molecular weight is 993 g/mol. The van der Waals surface area contributed by atoms with Crippen molar-refractivity contribution in [2.45, 2.75) is 196 Å². The van der Waals surface area contributed by atoms with E-state index in [9.17, 15) is 19.2 Å². The van der Waals surface area contributed by atoms with Crippen molar-refractivity contribution in [1.82, 2.24) is 0 Å². The van der Waals surface area contributed by atoms with Crippen LogP contribution in [0, 0.1) is 0 Å². The van der Waals surface area contributed by atoms with Gasteiger partial charge in [0.05, 0.1) is 50.8 Å². The molecule has 0 saturated carbocycles. The van der Waals surface area contributed by atoms with Gasteiger partial charge in [0.1, 0.15) is 23.0 Å². The van der Waals surface area contributed by atoms with Gasteiger partial charge in [0.2, 0.25) is 0 Å². The largest absolute Gasteiger partial charge is 0.493 e. The molecule has 10 heteroatoms. The molecular formula is C62H88O10. The lowest BCUT2D eigenvalue weighted by molar-refractivity contribution is 0.0480. The number of hydrogen-bond donors (Lipinski definition) is 0. The third kappa shape index (κ3) is 19.9. The van der Waals surface area contributed by atoms with Gasteiger partial charge in [0.25, 0.3) is 0 Å². The lowest BCUT2D eigenvalue weighted by atomic mass is 9.86. The number of unbranched alkanes of at least 4 members (excludes halogenated alkanes) is 20. The van der Waals surface area contributed by atoms with Gasteiger partial charge in [-0.15, -0.1) is 0 Å². The summed E-state index contributed by atoms with van der Waals surface area (Å²) < 4.78 is 36.6. The minimum Gasteiger partial charge on any atom is -0.493 e. The van der Waals surface area contributed by atoms with Crippen LogP contribution in [0.1, 0.15) is 243 Å². The van der Waals surface area contributed by atoms with Gasteiger partial charge in [-0.2, -0.15) is 0 Å². The fourth-order valence-electron chi connectivity index (χ4n) is 9.04. The van der Waals surface area contributed by atoms with E-state index in [-0.39, 0.29) is 35.5 Å². The van der Waals surface area contributed by atoms with Crippen molar-refractivity contribution in [2.75, 3.05) is 39.6 Å². The summed E-state index contributed by atoms with van der Waals surface area (Å²) >= 11 is 0. The number of aldehydes is 1. The Morgan fingerprint density at radius 2 is 0.792 bits per heavy atom. The van der Waals surface area contributed by atoms with Crippen LogP contribution >= 0.6 is 0 Å². The monoisotopic (exact) mass is 993 g/mol. The second-order valence-corrected chi connectivity index (χ2v) is 19.1. The van der Waals surface area contributed by atoms with E-state index >= 15 is 0 Å². The first-order valence-electron chi connectivity index (χ1n) is 28.0. The molecule has 0 amide bonds. The molecule has 0 aromatic heterocycles. The van der Waals surface area contributed by atoms with Crippen LogP contribution in [0.2, 0.25) is 0 Å². The number of ether oxygens (including phenoxy) is 6. The summed E-state index contributed by atoms with van der Waals surface area (Å²) in [6.45, 7) is 14.3. The lowest BCUT2D eigenvalue weighted by Crippen LogP contribution is -2.16. The molecule has 0 N–H and O–H groups in total. The second kappa shape index (κ2) is 34.9. The third-order valence-corrected chi connectivity index (χ3v) is 13.0. The first-order chi connectivity index (χ1) is 35.2. The zero-order valence-corrected chi connectivity index (χ0v) is 45.1. The number of ketones is 1. The fraction of sp³-hybridized carbons (Fsp3) is 0.581. The second-order valence-electron chi connectivity index (χ2n) is 19.1. The Morgan fingerprint density at radius 3 is 1.19 bits per heavy atom. The highest BCUT2D eigenvalue weighted by Crippen LogP contribution is 2.41. The van der Waals surface area contributed by atoms with Crippen molar-refractivity contribution in [3.8, 4) is 34.1 Å². The number of carbonyl (C=O) groups is 4. The predicted molar refractivity (Wildman–Crippen MR) is 292 cm³/mol. The molecule has 72 heavy (non-hydrogen) atoms. The van der Waals surface area contributed by atoms with Crippen LogP contribution in [0.25, 0.3) is 21.9 Å². The van der Waals surface area contributed by atoms with Crippen LogP contribution in [-0.2, 0) is 9.47 Å². The van der Waals surface area contributed by atoms with E-state index < -0.39 is 17.7 Å². The molecule has 0 bridgehead atoms. The van der Waals surface area contributed by atoms with Gasteiger partial charge in [0, 0.05) is 34.4 Å². The van der Waals surface area contributed by atoms with Crippen LogP contribution in [0.4, 0.5) is 0 Å². The number of hydrogen-bond acceptors (Lipinski definition) is 10. The van der Waals surface area contributed by atoms with Gasteiger partial charge in [0.15, 0.2) is 12.1 Å². The van der Waals surface area contributed by atoms with E-state index in [1.54, 1.807) is 44.2 Å². The SMILES string of the molecule is CCCCCCCCOc1cc(OCCCCCCCC)cc(C(=O)c2cc3cc(C(=O)OCC)c(C(=O)OCC)c(-c4cc(OCCCCCCCC)cc(OCCCCCCCC)c4)c3cc2C=O)c1. The first-order valence-corrected chi connectivity index (χ1v) is 28.0. The fourth-order valence-corrected chi connectivity index (χ4v) is 9.04. The Bertz CT molecular complexity index is 2170. The number of esters is 2. The maximum absolute atomic E-state index is 14.9. The van der Waals surface area contributed by atoms with Gasteiger partial charge < -0.3 is 28.4 Å². The topological polar surface area (TPSA) is 124 Å². The van der Waals surface area contributed by atoms with Crippen LogP contribution in [-0.4, -0.2) is 63.6 Å². The molecule has 0 heterocycles. The highest BCUT2D eigenvalue weighted by atomic mass is 16.5. The number of rotatable bonds is 40. The van der Waals surface area contributed by atoms with Gasteiger partial charge in [-0.3, -0.25) is 9.59 Å². The number of fused-ring (bicyclic) bond motifs is 1. The molecule has 0 atom stereocenters. The van der Waals surface area contributed by atoms with Crippen molar-refractivity contribution in [1.29, 1.82) is 0 Å². The Kier molecular flexibility index (Phi) is 28.7. The van der Waals surface area contributed by atoms with Crippen LogP contribution < -0.4 is 18.9 Å².